The van der Waals surface area contributed by atoms with Crippen LogP contribution >= 0.6 is 22.9 Å². The van der Waals surface area contributed by atoms with Gasteiger partial charge in [-0.15, -0.1) is 11.3 Å². The summed E-state index contributed by atoms with van der Waals surface area (Å²) in [7, 11) is 0. The molecule has 4 rings (SSSR count). The molecule has 2 nitrogen and oxygen atoms in total. The van der Waals surface area contributed by atoms with E-state index in [1.165, 1.54) is 29.8 Å². The van der Waals surface area contributed by atoms with Crippen LogP contribution in [0.3, 0.4) is 0 Å². The topological polar surface area (TPSA) is 17.8 Å². The summed E-state index contributed by atoms with van der Waals surface area (Å²) in [6.45, 7) is 7.14. The van der Waals surface area contributed by atoms with Crippen molar-refractivity contribution in [2.75, 3.05) is 0 Å². The molecule has 0 bridgehead atoms. The number of fused-ring (bicyclic) bond motifs is 1. The van der Waals surface area contributed by atoms with Gasteiger partial charge in [0.25, 0.3) is 0 Å². The van der Waals surface area contributed by atoms with Crippen molar-refractivity contribution in [2.45, 2.75) is 46.5 Å². The molecule has 1 aliphatic rings. The number of thiazole rings is 1. The molecule has 0 N–H and O–H groups in total. The molecular formula is C22H25ClN2S. The Morgan fingerprint density at radius 1 is 1.31 bits per heavy atom. The zero-order chi connectivity index (χ0) is 18.3. The average Bonchev–Trinajstić information content (AvgIpc) is 3.28. The Balaban J connectivity index is 1.84. The van der Waals surface area contributed by atoms with Crippen molar-refractivity contribution in [3.63, 3.8) is 0 Å². The van der Waals surface area contributed by atoms with Crippen LogP contribution in [0.25, 0.3) is 16.4 Å². The van der Waals surface area contributed by atoms with Gasteiger partial charge in [0, 0.05) is 27.9 Å². The lowest BCUT2D eigenvalue weighted by Crippen LogP contribution is -2.29. The minimum Gasteiger partial charge on any atom is -0.289 e. The fourth-order valence-corrected chi connectivity index (χ4v) is 4.96. The fourth-order valence-electron chi connectivity index (χ4n) is 4.09. The highest BCUT2D eigenvalue weighted by atomic mass is 35.5. The fraction of sp³-hybridized carbons (Fsp3) is 0.409. The van der Waals surface area contributed by atoms with E-state index >= 15 is 0 Å². The molecule has 0 spiro atoms. The van der Waals surface area contributed by atoms with E-state index in [-0.39, 0.29) is 0 Å². The number of aromatic nitrogens is 2. The maximum absolute atomic E-state index is 6.28. The Hall–Kier alpha value is -1.58. The lowest BCUT2D eigenvalue weighted by atomic mass is 9.69. The Morgan fingerprint density at radius 3 is 2.85 bits per heavy atom. The molecule has 26 heavy (non-hydrogen) atoms. The van der Waals surface area contributed by atoms with Crippen LogP contribution in [0.4, 0.5) is 0 Å². The molecule has 0 saturated heterocycles. The second kappa shape index (κ2) is 6.86. The maximum atomic E-state index is 6.28. The maximum Gasteiger partial charge on any atom is 0.194 e. The van der Waals surface area contributed by atoms with Crippen molar-refractivity contribution in [3.05, 3.63) is 58.2 Å². The Labute approximate surface area is 164 Å². The molecule has 0 amide bonds. The van der Waals surface area contributed by atoms with Crippen LogP contribution in [0.2, 0.25) is 5.02 Å². The third-order valence-electron chi connectivity index (χ3n) is 6.14. The van der Waals surface area contributed by atoms with Crippen molar-refractivity contribution >= 4 is 22.9 Å². The Bertz CT molecular complexity index is 908. The number of hydrogen-bond donors (Lipinski definition) is 0. The lowest BCUT2D eigenvalue weighted by Gasteiger charge is -2.36. The highest BCUT2D eigenvalue weighted by Crippen LogP contribution is 2.43. The summed E-state index contributed by atoms with van der Waals surface area (Å²) in [6.07, 6.45) is 6.63. The zero-order valence-electron chi connectivity index (χ0n) is 15.6. The molecule has 1 aromatic carbocycles. The van der Waals surface area contributed by atoms with E-state index in [4.69, 9.17) is 11.6 Å². The first-order valence-corrected chi connectivity index (χ1v) is 10.6. The second-order valence-corrected chi connectivity index (χ2v) is 9.25. The normalized spacial score (nSPS) is 17.3. The van der Waals surface area contributed by atoms with Gasteiger partial charge in [0.2, 0.25) is 0 Å². The first-order valence-electron chi connectivity index (χ1n) is 9.39. The van der Waals surface area contributed by atoms with Crippen molar-refractivity contribution in [1.82, 2.24) is 9.55 Å². The average molecular weight is 385 g/mol. The van der Waals surface area contributed by atoms with Gasteiger partial charge in [-0.05, 0) is 54.4 Å². The summed E-state index contributed by atoms with van der Waals surface area (Å²) < 4.78 is 2.36. The zero-order valence-corrected chi connectivity index (χ0v) is 17.2. The number of benzene rings is 1. The quantitative estimate of drug-likeness (QED) is 0.483. The van der Waals surface area contributed by atoms with E-state index in [9.17, 15) is 0 Å². The predicted octanol–water partition coefficient (Wildman–Crippen LogP) is 6.80. The molecule has 2 aromatic heterocycles. The van der Waals surface area contributed by atoms with Gasteiger partial charge in [-0.2, -0.15) is 0 Å². The van der Waals surface area contributed by atoms with Gasteiger partial charge < -0.3 is 0 Å². The van der Waals surface area contributed by atoms with Crippen LogP contribution in [0.15, 0.2) is 41.9 Å². The van der Waals surface area contributed by atoms with Crippen LogP contribution in [0, 0.1) is 11.3 Å². The lowest BCUT2D eigenvalue weighted by molar-refractivity contribution is 0.182. The summed E-state index contributed by atoms with van der Waals surface area (Å²) >= 11 is 7.97. The van der Waals surface area contributed by atoms with E-state index in [0.717, 1.165) is 34.5 Å². The SMILES string of the molecule is CCC(C)(C)C1CCc2c(cc(-c3cccc(Cl)c3)n2-c2nccs2)C1. The third kappa shape index (κ3) is 3.12. The largest absolute Gasteiger partial charge is 0.289 e. The van der Waals surface area contributed by atoms with Gasteiger partial charge in [0.15, 0.2) is 5.13 Å². The molecule has 0 saturated carbocycles. The molecule has 0 radical (unpaired) electrons. The van der Waals surface area contributed by atoms with E-state index in [1.807, 2.05) is 18.3 Å². The highest BCUT2D eigenvalue weighted by molar-refractivity contribution is 7.12. The van der Waals surface area contributed by atoms with E-state index in [2.05, 4.69) is 53.9 Å². The number of halogens is 1. The monoisotopic (exact) mass is 384 g/mol. The Kier molecular flexibility index (Phi) is 4.70. The number of hydrogen-bond acceptors (Lipinski definition) is 2. The van der Waals surface area contributed by atoms with Crippen LogP contribution in [-0.2, 0) is 12.8 Å². The van der Waals surface area contributed by atoms with Gasteiger partial charge in [0.1, 0.15) is 0 Å². The standard InChI is InChI=1S/C22H25ClN2S/c1-4-22(2,3)17-8-9-19-16(12-17)14-20(15-6-5-7-18(23)13-15)25(19)21-24-10-11-26-21/h5-7,10-11,13-14,17H,4,8-9,12H2,1-3H3. The molecule has 1 aliphatic carbocycles. The molecule has 4 heteroatoms. The molecule has 3 aromatic rings. The molecule has 2 heterocycles. The van der Waals surface area contributed by atoms with Gasteiger partial charge >= 0.3 is 0 Å². The van der Waals surface area contributed by atoms with Crippen LogP contribution in [0.5, 0.6) is 0 Å². The molecule has 1 atom stereocenters. The molecule has 1 unspecified atom stereocenters. The van der Waals surface area contributed by atoms with Gasteiger partial charge in [-0.1, -0.05) is 50.9 Å². The number of nitrogens with zero attached hydrogens (tertiary/aromatic N) is 2. The highest BCUT2D eigenvalue weighted by Gasteiger charge is 2.33. The van der Waals surface area contributed by atoms with Crippen LogP contribution in [0.1, 0.15) is 44.9 Å². The van der Waals surface area contributed by atoms with E-state index in [0.29, 0.717) is 5.41 Å². The first-order chi connectivity index (χ1) is 12.5. The summed E-state index contributed by atoms with van der Waals surface area (Å²) in [5.74, 6) is 0.736. The smallest absolute Gasteiger partial charge is 0.194 e. The molecule has 136 valence electrons. The van der Waals surface area contributed by atoms with Crippen LogP contribution < -0.4 is 0 Å². The summed E-state index contributed by atoms with van der Waals surface area (Å²) in [5.41, 5.74) is 5.67. The molecule has 0 aliphatic heterocycles. The van der Waals surface area contributed by atoms with Crippen LogP contribution in [-0.4, -0.2) is 9.55 Å². The van der Waals surface area contributed by atoms with Gasteiger partial charge in [-0.3, -0.25) is 4.57 Å². The second-order valence-electron chi connectivity index (χ2n) is 7.94. The Morgan fingerprint density at radius 2 is 2.15 bits per heavy atom. The number of rotatable bonds is 4. The van der Waals surface area contributed by atoms with Gasteiger partial charge in [-0.25, -0.2) is 4.98 Å². The van der Waals surface area contributed by atoms with Crippen molar-refractivity contribution in [2.24, 2.45) is 11.3 Å². The van der Waals surface area contributed by atoms with Crippen molar-refractivity contribution in [1.29, 1.82) is 0 Å². The molecular weight excluding hydrogens is 360 g/mol. The predicted molar refractivity (Wildman–Crippen MR) is 111 cm³/mol. The minimum atomic E-state index is 0.386. The summed E-state index contributed by atoms with van der Waals surface area (Å²) in [4.78, 5) is 4.61. The van der Waals surface area contributed by atoms with Crippen molar-refractivity contribution in [3.8, 4) is 16.4 Å². The minimum absolute atomic E-state index is 0.386. The van der Waals surface area contributed by atoms with Gasteiger partial charge in [0.05, 0.1) is 5.69 Å². The summed E-state index contributed by atoms with van der Waals surface area (Å²) in [5, 5.41) is 3.88. The summed E-state index contributed by atoms with van der Waals surface area (Å²) in [6, 6.07) is 10.5. The first kappa shape index (κ1) is 17.8. The molecule has 0 fully saturated rings. The third-order valence-corrected chi connectivity index (χ3v) is 7.13. The van der Waals surface area contributed by atoms with E-state index in [1.54, 1.807) is 11.3 Å². The van der Waals surface area contributed by atoms with E-state index < -0.39 is 0 Å². The van der Waals surface area contributed by atoms with Crippen molar-refractivity contribution < 1.29 is 0 Å².